The van der Waals surface area contributed by atoms with Gasteiger partial charge in [0.25, 0.3) is 11.8 Å². The average molecular weight is 554 g/mol. The Morgan fingerprint density at radius 1 is 0.927 bits per heavy atom. The first-order valence-corrected chi connectivity index (χ1v) is 14.5. The molecule has 3 N–H and O–H groups in total. The fourth-order valence-electron chi connectivity index (χ4n) is 5.40. The predicted molar refractivity (Wildman–Crippen MR) is 164 cm³/mol. The van der Waals surface area contributed by atoms with Gasteiger partial charge in [0.05, 0.1) is 23.6 Å². The van der Waals surface area contributed by atoms with Gasteiger partial charge in [-0.1, -0.05) is 42.0 Å². The minimum absolute atomic E-state index is 0.218. The molecule has 3 aromatic carbocycles. The number of aliphatic hydroxyl groups excluding tert-OH is 1. The van der Waals surface area contributed by atoms with Crippen LogP contribution in [0.3, 0.4) is 0 Å². The number of benzene rings is 3. The lowest BCUT2D eigenvalue weighted by Gasteiger charge is -2.29. The van der Waals surface area contributed by atoms with E-state index in [1.54, 1.807) is 12.3 Å². The summed E-state index contributed by atoms with van der Waals surface area (Å²) in [5, 5.41) is 16.9. The van der Waals surface area contributed by atoms with Crippen LogP contribution in [0.25, 0.3) is 0 Å². The molecule has 2 amide bonds. The van der Waals surface area contributed by atoms with Gasteiger partial charge in [-0.3, -0.25) is 14.5 Å². The van der Waals surface area contributed by atoms with Gasteiger partial charge in [-0.05, 0) is 80.5 Å². The Kier molecular flexibility index (Phi) is 9.44. The van der Waals surface area contributed by atoms with Crippen molar-refractivity contribution in [2.75, 3.05) is 36.4 Å². The maximum absolute atomic E-state index is 13.4. The number of rotatable bonds is 8. The summed E-state index contributed by atoms with van der Waals surface area (Å²) in [7, 11) is 0. The lowest BCUT2D eigenvalue weighted by atomic mass is 10.0. The number of aryl methyl sites for hydroxylation is 1. The fraction of sp³-hybridized carbons (Fsp3) is 0.364. The number of carbonyl (C=O) groups is 2. The van der Waals surface area contributed by atoms with E-state index in [0.717, 1.165) is 80.8 Å². The number of anilines is 2. The molecule has 0 unspecified atom stereocenters. The largest absolute Gasteiger partial charge is 0.393 e. The highest BCUT2D eigenvalue weighted by Gasteiger charge is 2.20. The van der Waals surface area contributed by atoms with Crippen LogP contribution in [0.2, 0.25) is 0 Å². The fourth-order valence-corrected chi connectivity index (χ4v) is 5.40. The third kappa shape index (κ3) is 7.80. The molecular formula is C33H39N5O3. The van der Waals surface area contributed by atoms with Crippen molar-refractivity contribution in [2.45, 2.75) is 51.7 Å². The van der Waals surface area contributed by atoms with E-state index in [2.05, 4.69) is 25.6 Å². The van der Waals surface area contributed by atoms with Gasteiger partial charge >= 0.3 is 0 Å². The number of likely N-dealkylation sites (tertiary alicyclic amines) is 1. The highest BCUT2D eigenvalue weighted by molar-refractivity contribution is 6.09. The summed E-state index contributed by atoms with van der Waals surface area (Å²) in [5.74, 6) is -0.660. The molecule has 0 aliphatic carbocycles. The number of carbonyl (C=O) groups excluding carboxylic acids is 2. The lowest BCUT2D eigenvalue weighted by Crippen LogP contribution is -2.35. The Morgan fingerprint density at radius 3 is 2.44 bits per heavy atom. The Balaban J connectivity index is 1.32. The average Bonchev–Trinajstić information content (AvgIpc) is 3.00. The lowest BCUT2D eigenvalue weighted by molar-refractivity contribution is 0.0792. The highest BCUT2D eigenvalue weighted by Crippen LogP contribution is 2.27. The molecule has 5 rings (SSSR count). The molecular weight excluding hydrogens is 514 g/mol. The first-order valence-electron chi connectivity index (χ1n) is 14.5. The number of piperidine rings is 2. The summed E-state index contributed by atoms with van der Waals surface area (Å²) in [5.41, 5.74) is 8.01. The maximum atomic E-state index is 13.4. The molecule has 3 aromatic rings. The van der Waals surface area contributed by atoms with Gasteiger partial charge in [-0.25, -0.2) is 5.43 Å². The Morgan fingerprint density at radius 2 is 1.68 bits per heavy atom. The normalized spacial score (nSPS) is 16.6. The molecule has 8 nitrogen and oxygen atoms in total. The summed E-state index contributed by atoms with van der Waals surface area (Å²) in [6.45, 7) is 6.32. The van der Waals surface area contributed by atoms with Crippen LogP contribution in [0, 0.1) is 6.92 Å². The quantitative estimate of drug-likeness (QED) is 0.271. The van der Waals surface area contributed by atoms with Crippen LogP contribution in [-0.2, 0) is 6.54 Å². The van der Waals surface area contributed by atoms with Crippen molar-refractivity contribution in [3.63, 3.8) is 0 Å². The zero-order valence-electron chi connectivity index (χ0n) is 23.7. The van der Waals surface area contributed by atoms with Gasteiger partial charge in [-0.2, -0.15) is 5.10 Å². The molecule has 2 fully saturated rings. The van der Waals surface area contributed by atoms with Crippen LogP contribution < -0.4 is 15.6 Å². The molecule has 2 saturated heterocycles. The number of nitrogens with zero attached hydrogens (tertiary/aromatic N) is 3. The van der Waals surface area contributed by atoms with Crippen LogP contribution >= 0.6 is 0 Å². The summed E-state index contributed by atoms with van der Waals surface area (Å²) >= 11 is 0. The number of amides is 2. The molecule has 0 bridgehead atoms. The summed E-state index contributed by atoms with van der Waals surface area (Å²) in [6.07, 6.45) is 6.39. The van der Waals surface area contributed by atoms with E-state index in [0.29, 0.717) is 16.8 Å². The monoisotopic (exact) mass is 553 g/mol. The molecule has 214 valence electrons. The Labute approximate surface area is 242 Å². The van der Waals surface area contributed by atoms with Gasteiger partial charge in [-0.15, -0.1) is 0 Å². The van der Waals surface area contributed by atoms with Gasteiger partial charge in [0.15, 0.2) is 0 Å². The molecule has 0 spiro atoms. The van der Waals surface area contributed by atoms with Crippen LogP contribution in [0.5, 0.6) is 0 Å². The summed E-state index contributed by atoms with van der Waals surface area (Å²) < 4.78 is 0. The molecule has 41 heavy (non-hydrogen) atoms. The number of hydrogen-bond donors (Lipinski definition) is 3. The zero-order chi connectivity index (χ0) is 28.6. The minimum atomic E-state index is -0.386. The molecule has 0 aromatic heterocycles. The molecule has 2 heterocycles. The van der Waals surface area contributed by atoms with E-state index in [9.17, 15) is 14.7 Å². The number of hydrazone groups is 1. The summed E-state index contributed by atoms with van der Waals surface area (Å²) in [6, 6.07) is 21.1. The van der Waals surface area contributed by atoms with Crippen molar-refractivity contribution < 1.29 is 14.7 Å². The number of aliphatic hydroxyl groups is 1. The van der Waals surface area contributed by atoms with Crippen molar-refractivity contribution in [1.29, 1.82) is 0 Å². The predicted octanol–water partition coefficient (Wildman–Crippen LogP) is 4.96. The Hall–Kier alpha value is -4.01. The molecule has 0 atom stereocenters. The minimum Gasteiger partial charge on any atom is -0.393 e. The van der Waals surface area contributed by atoms with E-state index in [4.69, 9.17) is 0 Å². The van der Waals surface area contributed by atoms with Crippen molar-refractivity contribution in [1.82, 2.24) is 10.3 Å². The number of hydrogen-bond acceptors (Lipinski definition) is 6. The second-order valence-electron chi connectivity index (χ2n) is 11.0. The molecule has 0 saturated carbocycles. The van der Waals surface area contributed by atoms with Crippen LogP contribution in [0.1, 0.15) is 69.5 Å². The SMILES string of the molecule is Cc1ccc(/C=N/NC(=O)c2cc(N3CCCCC3)ccc2NC(=O)c2cccc(CN3CCC(O)CC3)c2)cc1. The van der Waals surface area contributed by atoms with Crippen molar-refractivity contribution >= 4 is 29.4 Å². The van der Waals surface area contributed by atoms with Crippen molar-refractivity contribution in [3.8, 4) is 0 Å². The van der Waals surface area contributed by atoms with E-state index in [1.165, 1.54) is 6.42 Å². The standard InChI is InChI=1S/C33H39N5O3/c1-24-8-10-25(11-9-24)22-34-36-33(41)30-21-28(38-16-3-2-4-17-38)12-13-31(30)35-32(40)27-7-5-6-26(20-27)23-37-18-14-29(39)15-19-37/h5-13,20-22,29,39H,2-4,14-19,23H2,1H3,(H,35,40)(H,36,41)/b34-22+. The van der Waals surface area contributed by atoms with Gasteiger partial charge in [0, 0.05) is 44.0 Å². The topological polar surface area (TPSA) is 97.3 Å². The van der Waals surface area contributed by atoms with E-state index >= 15 is 0 Å². The van der Waals surface area contributed by atoms with E-state index in [1.807, 2.05) is 67.6 Å². The second-order valence-corrected chi connectivity index (χ2v) is 11.0. The van der Waals surface area contributed by atoms with Crippen molar-refractivity contribution in [2.24, 2.45) is 5.10 Å². The van der Waals surface area contributed by atoms with Crippen LogP contribution in [0.15, 0.2) is 71.8 Å². The van der Waals surface area contributed by atoms with Crippen LogP contribution in [0.4, 0.5) is 11.4 Å². The van der Waals surface area contributed by atoms with Gasteiger partial charge in [0.2, 0.25) is 0 Å². The van der Waals surface area contributed by atoms with E-state index in [-0.39, 0.29) is 17.9 Å². The smallest absolute Gasteiger partial charge is 0.273 e. The van der Waals surface area contributed by atoms with Crippen LogP contribution in [-0.4, -0.2) is 60.3 Å². The molecule has 8 heteroatoms. The molecule has 2 aliphatic heterocycles. The van der Waals surface area contributed by atoms with Gasteiger partial charge < -0.3 is 15.3 Å². The summed E-state index contributed by atoms with van der Waals surface area (Å²) in [4.78, 5) is 31.3. The highest BCUT2D eigenvalue weighted by atomic mass is 16.3. The van der Waals surface area contributed by atoms with Gasteiger partial charge in [0.1, 0.15) is 0 Å². The maximum Gasteiger partial charge on any atom is 0.273 e. The zero-order valence-corrected chi connectivity index (χ0v) is 23.7. The Bertz CT molecular complexity index is 1370. The third-order valence-corrected chi connectivity index (χ3v) is 7.83. The third-order valence-electron chi connectivity index (χ3n) is 7.83. The first-order chi connectivity index (χ1) is 19.9. The van der Waals surface area contributed by atoms with E-state index < -0.39 is 0 Å². The number of nitrogens with one attached hydrogen (secondary N) is 2. The molecule has 2 aliphatic rings. The first kappa shape index (κ1) is 28.5. The molecule has 0 radical (unpaired) electrons. The van der Waals surface area contributed by atoms with Crippen molar-refractivity contribution in [3.05, 3.63) is 94.5 Å². The second kappa shape index (κ2) is 13.6.